The molecule has 0 spiro atoms. The molecule has 0 radical (unpaired) electrons. The third-order valence-electron chi connectivity index (χ3n) is 4.21. The van der Waals surface area contributed by atoms with Gasteiger partial charge in [-0.15, -0.1) is 0 Å². The van der Waals surface area contributed by atoms with Gasteiger partial charge in [-0.1, -0.05) is 13.0 Å². The summed E-state index contributed by atoms with van der Waals surface area (Å²) in [4.78, 5) is 5.96. The van der Waals surface area contributed by atoms with Crippen molar-refractivity contribution in [1.29, 1.82) is 0 Å². The third kappa shape index (κ3) is 3.95. The summed E-state index contributed by atoms with van der Waals surface area (Å²) in [5.74, 6) is -1.26. The van der Waals surface area contributed by atoms with Gasteiger partial charge in [0.05, 0.1) is 12.0 Å². The standard InChI is InChI=1S/C15H22F3N3/c1-2-13(19)14(11-5-3-7-20-9-11)21-8-4-6-12(10-21)15(16,17)18/h3,5,7,9,12-14H,2,4,6,8,10,19H2,1H3. The summed E-state index contributed by atoms with van der Waals surface area (Å²) in [5.41, 5.74) is 7.08. The second-order valence-corrected chi connectivity index (χ2v) is 5.68. The lowest BCUT2D eigenvalue weighted by atomic mass is 9.91. The molecule has 0 amide bonds. The van der Waals surface area contributed by atoms with Gasteiger partial charge in [-0.05, 0) is 37.4 Å². The maximum absolute atomic E-state index is 13.0. The second-order valence-electron chi connectivity index (χ2n) is 5.68. The highest BCUT2D eigenvalue weighted by Crippen LogP contribution is 2.36. The Morgan fingerprint density at radius 1 is 1.48 bits per heavy atom. The lowest BCUT2D eigenvalue weighted by Crippen LogP contribution is -2.48. The van der Waals surface area contributed by atoms with Crippen molar-refractivity contribution in [3.63, 3.8) is 0 Å². The van der Waals surface area contributed by atoms with Gasteiger partial charge in [0.15, 0.2) is 0 Å². The fourth-order valence-corrected chi connectivity index (χ4v) is 3.03. The van der Waals surface area contributed by atoms with Crippen molar-refractivity contribution < 1.29 is 13.2 Å². The largest absolute Gasteiger partial charge is 0.393 e. The van der Waals surface area contributed by atoms with Crippen LogP contribution >= 0.6 is 0 Å². The van der Waals surface area contributed by atoms with Gasteiger partial charge in [0.1, 0.15) is 0 Å². The molecule has 21 heavy (non-hydrogen) atoms. The first kappa shape index (κ1) is 16.2. The van der Waals surface area contributed by atoms with Gasteiger partial charge in [0, 0.05) is 25.0 Å². The van der Waals surface area contributed by atoms with Crippen LogP contribution in [0.1, 0.15) is 37.8 Å². The number of rotatable bonds is 4. The zero-order valence-electron chi connectivity index (χ0n) is 12.2. The molecule has 0 saturated carbocycles. The summed E-state index contributed by atoms with van der Waals surface area (Å²) in [6.45, 7) is 2.63. The monoisotopic (exact) mass is 301 g/mol. The third-order valence-corrected chi connectivity index (χ3v) is 4.21. The summed E-state index contributed by atoms with van der Waals surface area (Å²) in [6.07, 6.45) is 0.712. The van der Waals surface area contributed by atoms with Crippen LogP contribution in [0.4, 0.5) is 13.2 Å². The van der Waals surface area contributed by atoms with E-state index in [1.807, 2.05) is 17.9 Å². The summed E-state index contributed by atoms with van der Waals surface area (Å²) in [7, 11) is 0. The normalized spacial score (nSPS) is 23.8. The molecular formula is C15H22F3N3. The minimum atomic E-state index is -4.13. The predicted octanol–water partition coefficient (Wildman–Crippen LogP) is 3.13. The number of pyridine rings is 1. The van der Waals surface area contributed by atoms with Crippen LogP contribution < -0.4 is 5.73 Å². The van der Waals surface area contributed by atoms with Crippen molar-refractivity contribution in [2.75, 3.05) is 13.1 Å². The van der Waals surface area contributed by atoms with Gasteiger partial charge in [-0.2, -0.15) is 13.2 Å². The number of hydrogen-bond donors (Lipinski definition) is 1. The van der Waals surface area contributed by atoms with E-state index in [4.69, 9.17) is 5.73 Å². The zero-order chi connectivity index (χ0) is 15.5. The molecule has 3 atom stereocenters. The Balaban J connectivity index is 2.21. The summed E-state index contributed by atoms with van der Waals surface area (Å²) in [6, 6.07) is 3.30. The number of aromatic nitrogens is 1. The molecule has 1 aliphatic heterocycles. The first-order chi connectivity index (χ1) is 9.93. The molecule has 0 aliphatic carbocycles. The van der Waals surface area contributed by atoms with Crippen molar-refractivity contribution in [1.82, 2.24) is 9.88 Å². The Labute approximate surface area is 123 Å². The first-order valence-electron chi connectivity index (χ1n) is 7.39. The molecular weight excluding hydrogens is 279 g/mol. The summed E-state index contributed by atoms with van der Waals surface area (Å²) >= 11 is 0. The Morgan fingerprint density at radius 2 is 2.24 bits per heavy atom. The second kappa shape index (κ2) is 6.75. The van der Waals surface area contributed by atoms with Gasteiger partial charge in [-0.3, -0.25) is 9.88 Å². The molecule has 1 aromatic heterocycles. The van der Waals surface area contributed by atoms with Crippen molar-refractivity contribution in [2.24, 2.45) is 11.7 Å². The molecule has 3 nitrogen and oxygen atoms in total. The lowest BCUT2D eigenvalue weighted by molar-refractivity contribution is -0.189. The van der Waals surface area contributed by atoms with Gasteiger partial charge < -0.3 is 5.73 Å². The van der Waals surface area contributed by atoms with E-state index in [-0.39, 0.29) is 25.0 Å². The Hall–Kier alpha value is -1.14. The fraction of sp³-hybridized carbons (Fsp3) is 0.667. The molecule has 3 unspecified atom stereocenters. The smallest absolute Gasteiger partial charge is 0.326 e. The number of alkyl halides is 3. The molecule has 2 heterocycles. The lowest BCUT2D eigenvalue weighted by Gasteiger charge is -2.41. The van der Waals surface area contributed by atoms with E-state index >= 15 is 0 Å². The number of nitrogens with zero attached hydrogens (tertiary/aromatic N) is 2. The van der Waals surface area contributed by atoms with Crippen LogP contribution in [0.3, 0.4) is 0 Å². The van der Waals surface area contributed by atoms with Gasteiger partial charge in [0.2, 0.25) is 0 Å². The summed E-state index contributed by atoms with van der Waals surface area (Å²) < 4.78 is 39.0. The molecule has 2 rings (SSSR count). The quantitative estimate of drug-likeness (QED) is 0.929. The first-order valence-corrected chi connectivity index (χ1v) is 7.39. The Morgan fingerprint density at radius 3 is 2.81 bits per heavy atom. The minimum Gasteiger partial charge on any atom is -0.326 e. The van der Waals surface area contributed by atoms with E-state index in [1.54, 1.807) is 18.5 Å². The van der Waals surface area contributed by atoms with Gasteiger partial charge in [0.25, 0.3) is 0 Å². The van der Waals surface area contributed by atoms with Crippen LogP contribution in [-0.4, -0.2) is 35.2 Å². The predicted molar refractivity (Wildman–Crippen MR) is 75.6 cm³/mol. The maximum Gasteiger partial charge on any atom is 0.393 e. The molecule has 1 aliphatic rings. The fourth-order valence-electron chi connectivity index (χ4n) is 3.03. The molecule has 1 fully saturated rings. The van der Waals surface area contributed by atoms with E-state index < -0.39 is 12.1 Å². The zero-order valence-corrected chi connectivity index (χ0v) is 12.2. The molecule has 2 N–H and O–H groups in total. The molecule has 1 aromatic rings. The van der Waals surface area contributed by atoms with Crippen molar-refractivity contribution in [2.45, 2.75) is 44.4 Å². The minimum absolute atomic E-state index is 0.0246. The van der Waals surface area contributed by atoms with Crippen LogP contribution in [0, 0.1) is 5.92 Å². The Kier molecular flexibility index (Phi) is 5.22. The maximum atomic E-state index is 13.0. The molecule has 0 bridgehead atoms. The number of nitrogens with two attached hydrogens (primary N) is 1. The van der Waals surface area contributed by atoms with Crippen LogP contribution in [0.5, 0.6) is 0 Å². The SMILES string of the molecule is CCC(N)C(c1cccnc1)N1CCCC(C(F)(F)F)C1. The average Bonchev–Trinajstić information content (AvgIpc) is 2.48. The highest BCUT2D eigenvalue weighted by molar-refractivity contribution is 5.16. The van der Waals surface area contributed by atoms with E-state index in [9.17, 15) is 13.2 Å². The van der Waals surface area contributed by atoms with Crippen LogP contribution in [0.15, 0.2) is 24.5 Å². The van der Waals surface area contributed by atoms with Crippen LogP contribution in [0.25, 0.3) is 0 Å². The Bertz CT molecular complexity index is 436. The van der Waals surface area contributed by atoms with E-state index in [0.29, 0.717) is 19.4 Å². The highest BCUT2D eigenvalue weighted by atomic mass is 19.4. The number of piperidine rings is 1. The molecule has 0 aromatic carbocycles. The number of halogens is 3. The van der Waals surface area contributed by atoms with Gasteiger partial charge in [-0.25, -0.2) is 0 Å². The highest BCUT2D eigenvalue weighted by Gasteiger charge is 2.43. The topological polar surface area (TPSA) is 42.1 Å². The molecule has 6 heteroatoms. The molecule has 118 valence electrons. The number of likely N-dealkylation sites (tertiary alicyclic amines) is 1. The average molecular weight is 301 g/mol. The number of hydrogen-bond acceptors (Lipinski definition) is 3. The van der Waals surface area contributed by atoms with E-state index in [1.165, 1.54) is 0 Å². The molecule has 1 saturated heterocycles. The van der Waals surface area contributed by atoms with E-state index in [2.05, 4.69) is 4.98 Å². The van der Waals surface area contributed by atoms with E-state index in [0.717, 1.165) is 5.56 Å². The van der Waals surface area contributed by atoms with Crippen molar-refractivity contribution >= 4 is 0 Å². The van der Waals surface area contributed by atoms with Crippen molar-refractivity contribution in [3.8, 4) is 0 Å². The van der Waals surface area contributed by atoms with Crippen LogP contribution in [0.2, 0.25) is 0 Å². The van der Waals surface area contributed by atoms with Crippen LogP contribution in [-0.2, 0) is 0 Å². The summed E-state index contributed by atoms with van der Waals surface area (Å²) in [5, 5.41) is 0. The van der Waals surface area contributed by atoms with Crippen molar-refractivity contribution in [3.05, 3.63) is 30.1 Å². The van der Waals surface area contributed by atoms with Gasteiger partial charge >= 0.3 is 6.18 Å².